The molecule has 1 aromatic heterocycles. The van der Waals surface area contributed by atoms with Gasteiger partial charge in [0, 0.05) is 32.3 Å². The molecular formula is C13H19N5O. The molecule has 0 aliphatic carbocycles. The quantitative estimate of drug-likeness (QED) is 0.802. The number of nitrogens with two attached hydrogens (primary N) is 1. The number of nitrogens with one attached hydrogen (secondary N) is 1. The van der Waals surface area contributed by atoms with Crippen molar-refractivity contribution in [3.05, 3.63) is 17.8 Å². The van der Waals surface area contributed by atoms with Crippen molar-refractivity contribution in [3.8, 4) is 6.07 Å². The Balaban J connectivity index is 2.50. The molecule has 102 valence electrons. The minimum Gasteiger partial charge on any atom is -0.396 e. The summed E-state index contributed by atoms with van der Waals surface area (Å²) in [7, 11) is 0. The van der Waals surface area contributed by atoms with E-state index in [0.29, 0.717) is 43.1 Å². The summed E-state index contributed by atoms with van der Waals surface area (Å²) >= 11 is 0. The Hall–Kier alpha value is -2.29. The van der Waals surface area contributed by atoms with Gasteiger partial charge in [0.05, 0.1) is 11.3 Å². The first kappa shape index (κ1) is 14.8. The molecule has 0 unspecified atom stereocenters. The summed E-state index contributed by atoms with van der Waals surface area (Å²) in [5, 5.41) is 11.7. The number of hydrogen-bond acceptors (Lipinski definition) is 5. The third kappa shape index (κ3) is 4.14. The lowest BCUT2D eigenvalue weighted by Crippen LogP contribution is -2.31. The topological polar surface area (TPSA) is 95.0 Å². The number of hydrogen-bond donors (Lipinski definition) is 2. The molecule has 0 saturated carbocycles. The standard InChI is InChI=1S/C13H19N5O/c1-3-18(4-2)12(19)5-6-16-13-11(15)7-10(8-14)9-17-13/h7,9H,3-6,15H2,1-2H3,(H,16,17). The predicted molar refractivity (Wildman–Crippen MR) is 74.4 cm³/mol. The number of carbonyl (C=O) groups is 1. The number of anilines is 2. The van der Waals surface area contributed by atoms with E-state index in [9.17, 15) is 4.79 Å². The van der Waals surface area contributed by atoms with Gasteiger partial charge in [-0.3, -0.25) is 4.79 Å². The highest BCUT2D eigenvalue weighted by Gasteiger charge is 2.09. The summed E-state index contributed by atoms with van der Waals surface area (Å²) in [6.45, 7) is 5.81. The van der Waals surface area contributed by atoms with Crippen LogP contribution in [0.2, 0.25) is 0 Å². The number of amides is 1. The van der Waals surface area contributed by atoms with Gasteiger partial charge in [-0.05, 0) is 19.9 Å². The van der Waals surface area contributed by atoms with Crippen LogP contribution in [-0.4, -0.2) is 35.4 Å². The highest BCUT2D eigenvalue weighted by molar-refractivity contribution is 5.76. The van der Waals surface area contributed by atoms with Crippen LogP contribution in [0.1, 0.15) is 25.8 Å². The normalized spacial score (nSPS) is 9.74. The molecule has 6 heteroatoms. The van der Waals surface area contributed by atoms with Crippen molar-refractivity contribution < 1.29 is 4.79 Å². The van der Waals surface area contributed by atoms with E-state index in [1.54, 1.807) is 11.0 Å². The molecule has 0 radical (unpaired) electrons. The van der Waals surface area contributed by atoms with Crippen molar-refractivity contribution in [1.29, 1.82) is 5.26 Å². The SMILES string of the molecule is CCN(CC)C(=O)CCNc1ncc(C#N)cc1N. The predicted octanol–water partition coefficient (Wildman–Crippen LogP) is 1.21. The van der Waals surface area contributed by atoms with E-state index in [1.807, 2.05) is 19.9 Å². The maximum atomic E-state index is 11.8. The number of pyridine rings is 1. The van der Waals surface area contributed by atoms with Gasteiger partial charge in [-0.1, -0.05) is 0 Å². The maximum Gasteiger partial charge on any atom is 0.224 e. The van der Waals surface area contributed by atoms with Crippen LogP contribution in [0.5, 0.6) is 0 Å². The number of carbonyl (C=O) groups excluding carboxylic acids is 1. The summed E-state index contributed by atoms with van der Waals surface area (Å²) < 4.78 is 0. The average molecular weight is 261 g/mol. The zero-order valence-corrected chi connectivity index (χ0v) is 11.3. The highest BCUT2D eigenvalue weighted by atomic mass is 16.2. The fourth-order valence-electron chi connectivity index (χ4n) is 1.71. The van der Waals surface area contributed by atoms with E-state index in [2.05, 4.69) is 10.3 Å². The monoisotopic (exact) mass is 261 g/mol. The fraction of sp³-hybridized carbons (Fsp3) is 0.462. The Bertz CT molecular complexity index is 476. The van der Waals surface area contributed by atoms with Crippen LogP contribution in [0.15, 0.2) is 12.3 Å². The van der Waals surface area contributed by atoms with Crippen LogP contribution in [-0.2, 0) is 4.79 Å². The van der Waals surface area contributed by atoms with Crippen LogP contribution < -0.4 is 11.1 Å². The Labute approximate surface area is 113 Å². The van der Waals surface area contributed by atoms with Gasteiger partial charge in [0.25, 0.3) is 0 Å². The molecule has 0 fully saturated rings. The van der Waals surface area contributed by atoms with E-state index in [-0.39, 0.29) is 5.91 Å². The summed E-state index contributed by atoms with van der Waals surface area (Å²) in [5.41, 5.74) is 6.58. The molecule has 1 rings (SSSR count). The minimum absolute atomic E-state index is 0.102. The number of rotatable bonds is 6. The Morgan fingerprint density at radius 2 is 2.21 bits per heavy atom. The van der Waals surface area contributed by atoms with E-state index in [0.717, 1.165) is 0 Å². The molecule has 3 N–H and O–H groups in total. The molecule has 0 atom stereocenters. The summed E-state index contributed by atoms with van der Waals surface area (Å²) in [4.78, 5) is 17.6. The Kier molecular flexibility index (Phi) is 5.61. The van der Waals surface area contributed by atoms with Crippen molar-refractivity contribution in [3.63, 3.8) is 0 Å². The molecule has 1 amide bonds. The molecule has 0 saturated heterocycles. The third-order valence-corrected chi connectivity index (χ3v) is 2.79. The van der Waals surface area contributed by atoms with E-state index in [4.69, 9.17) is 11.0 Å². The van der Waals surface area contributed by atoms with Gasteiger partial charge < -0.3 is 16.0 Å². The molecule has 0 aromatic carbocycles. The fourth-order valence-corrected chi connectivity index (χ4v) is 1.71. The number of nitrogen functional groups attached to an aromatic ring is 1. The zero-order valence-electron chi connectivity index (χ0n) is 11.3. The Morgan fingerprint density at radius 3 is 2.74 bits per heavy atom. The number of aromatic nitrogens is 1. The van der Waals surface area contributed by atoms with Crippen molar-refractivity contribution >= 4 is 17.4 Å². The summed E-state index contributed by atoms with van der Waals surface area (Å²) in [5.74, 6) is 0.607. The van der Waals surface area contributed by atoms with Gasteiger partial charge in [0.2, 0.25) is 5.91 Å². The van der Waals surface area contributed by atoms with Crippen LogP contribution in [0, 0.1) is 11.3 Å². The molecular weight excluding hydrogens is 242 g/mol. The summed E-state index contributed by atoms with van der Waals surface area (Å²) in [6, 6.07) is 3.53. The lowest BCUT2D eigenvalue weighted by atomic mass is 10.2. The highest BCUT2D eigenvalue weighted by Crippen LogP contribution is 2.15. The summed E-state index contributed by atoms with van der Waals surface area (Å²) in [6.07, 6.45) is 1.84. The molecule has 0 aliphatic heterocycles. The van der Waals surface area contributed by atoms with Crippen molar-refractivity contribution in [2.45, 2.75) is 20.3 Å². The van der Waals surface area contributed by atoms with Gasteiger partial charge in [0.1, 0.15) is 11.9 Å². The van der Waals surface area contributed by atoms with E-state index in [1.165, 1.54) is 6.20 Å². The molecule has 1 heterocycles. The molecule has 0 spiro atoms. The van der Waals surface area contributed by atoms with Gasteiger partial charge in [-0.15, -0.1) is 0 Å². The van der Waals surface area contributed by atoms with E-state index >= 15 is 0 Å². The van der Waals surface area contributed by atoms with Crippen molar-refractivity contribution in [2.24, 2.45) is 0 Å². The number of nitriles is 1. The Morgan fingerprint density at radius 1 is 1.53 bits per heavy atom. The minimum atomic E-state index is 0.102. The second-order valence-corrected chi connectivity index (χ2v) is 4.02. The van der Waals surface area contributed by atoms with Gasteiger partial charge in [-0.25, -0.2) is 4.98 Å². The second kappa shape index (κ2) is 7.21. The molecule has 19 heavy (non-hydrogen) atoms. The first-order valence-electron chi connectivity index (χ1n) is 6.29. The molecule has 1 aromatic rings. The van der Waals surface area contributed by atoms with Crippen LogP contribution in [0.25, 0.3) is 0 Å². The van der Waals surface area contributed by atoms with Crippen molar-refractivity contribution in [1.82, 2.24) is 9.88 Å². The van der Waals surface area contributed by atoms with Gasteiger partial charge in [-0.2, -0.15) is 5.26 Å². The first-order chi connectivity index (χ1) is 9.12. The molecule has 6 nitrogen and oxygen atoms in total. The van der Waals surface area contributed by atoms with Crippen LogP contribution in [0.3, 0.4) is 0 Å². The smallest absolute Gasteiger partial charge is 0.224 e. The average Bonchev–Trinajstić information content (AvgIpc) is 2.42. The molecule has 0 bridgehead atoms. The van der Waals surface area contributed by atoms with Crippen molar-refractivity contribution in [2.75, 3.05) is 30.7 Å². The van der Waals surface area contributed by atoms with E-state index < -0.39 is 0 Å². The molecule has 0 aliphatic rings. The van der Waals surface area contributed by atoms with Gasteiger partial charge >= 0.3 is 0 Å². The third-order valence-electron chi connectivity index (χ3n) is 2.79. The van der Waals surface area contributed by atoms with Crippen LogP contribution >= 0.6 is 0 Å². The largest absolute Gasteiger partial charge is 0.396 e. The van der Waals surface area contributed by atoms with Gasteiger partial charge in [0.15, 0.2) is 0 Å². The lowest BCUT2D eigenvalue weighted by Gasteiger charge is -2.18. The second-order valence-electron chi connectivity index (χ2n) is 4.02. The number of nitrogens with zero attached hydrogens (tertiary/aromatic N) is 3. The lowest BCUT2D eigenvalue weighted by molar-refractivity contribution is -0.130. The first-order valence-corrected chi connectivity index (χ1v) is 6.29. The zero-order chi connectivity index (χ0) is 14.3. The maximum absolute atomic E-state index is 11.8. The van der Waals surface area contributed by atoms with Crippen LogP contribution in [0.4, 0.5) is 11.5 Å².